The highest BCUT2D eigenvalue weighted by molar-refractivity contribution is 5.97. The minimum absolute atomic E-state index is 0.0694. The van der Waals surface area contributed by atoms with Crippen molar-refractivity contribution in [3.63, 3.8) is 0 Å². The van der Waals surface area contributed by atoms with Gasteiger partial charge in [0, 0.05) is 11.9 Å². The van der Waals surface area contributed by atoms with Crippen LogP contribution >= 0.6 is 0 Å². The number of nitrogen functional groups attached to an aromatic ring is 1. The third-order valence-corrected chi connectivity index (χ3v) is 2.87. The van der Waals surface area contributed by atoms with E-state index in [0.717, 1.165) is 11.3 Å². The highest BCUT2D eigenvalue weighted by Crippen LogP contribution is 2.23. The Hall–Kier alpha value is -2.36. The van der Waals surface area contributed by atoms with Crippen LogP contribution in [0.25, 0.3) is 0 Å². The zero-order chi connectivity index (χ0) is 13.8. The lowest BCUT2D eigenvalue weighted by molar-refractivity contribution is 0.101. The molecule has 1 aromatic heterocycles. The number of carbonyl (C=O) groups excluding carboxylic acids is 1. The summed E-state index contributed by atoms with van der Waals surface area (Å²) in [4.78, 5) is 15.8. The van der Waals surface area contributed by atoms with Crippen molar-refractivity contribution in [2.24, 2.45) is 0 Å². The first-order valence-electron chi connectivity index (χ1n) is 6.01. The number of ether oxygens (including phenoxy) is 1. The first-order valence-corrected chi connectivity index (χ1v) is 6.01. The monoisotopic (exact) mass is 256 g/mol. The molecule has 1 heterocycles. The number of hydrogen-bond acceptors (Lipinski definition) is 4. The Morgan fingerprint density at radius 3 is 2.84 bits per heavy atom. The number of pyridine rings is 1. The molecule has 4 heteroatoms. The van der Waals surface area contributed by atoms with Gasteiger partial charge in [0.1, 0.15) is 12.4 Å². The van der Waals surface area contributed by atoms with Crippen molar-refractivity contribution in [1.29, 1.82) is 0 Å². The molecule has 0 unspecified atom stereocenters. The fourth-order valence-corrected chi connectivity index (χ4v) is 1.76. The molecule has 0 aliphatic rings. The van der Waals surface area contributed by atoms with E-state index in [1.54, 1.807) is 24.4 Å². The van der Waals surface area contributed by atoms with Gasteiger partial charge in [-0.25, -0.2) is 0 Å². The van der Waals surface area contributed by atoms with Gasteiger partial charge in [-0.1, -0.05) is 6.07 Å². The number of nitrogens with two attached hydrogens (primary N) is 1. The van der Waals surface area contributed by atoms with Gasteiger partial charge in [-0.05, 0) is 43.7 Å². The number of rotatable bonds is 4. The summed E-state index contributed by atoms with van der Waals surface area (Å²) in [5, 5.41) is 0. The summed E-state index contributed by atoms with van der Waals surface area (Å²) < 4.78 is 5.68. The van der Waals surface area contributed by atoms with E-state index in [4.69, 9.17) is 10.5 Å². The van der Waals surface area contributed by atoms with E-state index in [1.807, 2.05) is 19.1 Å². The Morgan fingerprint density at radius 1 is 1.37 bits per heavy atom. The average molecular weight is 256 g/mol. The molecule has 0 aliphatic heterocycles. The van der Waals surface area contributed by atoms with Crippen LogP contribution in [-0.4, -0.2) is 10.8 Å². The third kappa shape index (κ3) is 3.10. The Labute approximate surface area is 112 Å². The first kappa shape index (κ1) is 13.1. The molecular formula is C15H16N2O2. The molecule has 0 atom stereocenters. The third-order valence-electron chi connectivity index (χ3n) is 2.87. The van der Waals surface area contributed by atoms with Crippen molar-refractivity contribution in [2.45, 2.75) is 20.5 Å². The van der Waals surface area contributed by atoms with Gasteiger partial charge in [-0.3, -0.25) is 9.78 Å². The number of benzene rings is 1. The minimum Gasteiger partial charge on any atom is -0.487 e. The number of nitrogens with zero attached hydrogens (tertiary/aromatic N) is 1. The fourth-order valence-electron chi connectivity index (χ4n) is 1.76. The maximum Gasteiger partial charge on any atom is 0.163 e. The van der Waals surface area contributed by atoms with E-state index in [-0.39, 0.29) is 5.78 Å². The molecule has 4 nitrogen and oxygen atoms in total. The van der Waals surface area contributed by atoms with Crippen molar-refractivity contribution >= 4 is 11.5 Å². The quantitative estimate of drug-likeness (QED) is 0.674. The number of ketones is 1. The van der Waals surface area contributed by atoms with E-state index in [9.17, 15) is 4.79 Å². The van der Waals surface area contributed by atoms with Gasteiger partial charge >= 0.3 is 0 Å². The number of hydrogen-bond donors (Lipinski definition) is 1. The second-order valence-electron chi connectivity index (χ2n) is 4.37. The average Bonchev–Trinajstić information content (AvgIpc) is 2.38. The van der Waals surface area contributed by atoms with Crippen molar-refractivity contribution in [3.8, 4) is 5.75 Å². The molecule has 1 aromatic carbocycles. The molecule has 2 N–H and O–H groups in total. The van der Waals surface area contributed by atoms with E-state index < -0.39 is 0 Å². The summed E-state index contributed by atoms with van der Waals surface area (Å²) in [7, 11) is 0. The van der Waals surface area contributed by atoms with Gasteiger partial charge in [0.15, 0.2) is 5.78 Å². The van der Waals surface area contributed by atoms with Crippen molar-refractivity contribution in [1.82, 2.24) is 4.98 Å². The number of aryl methyl sites for hydroxylation is 1. The minimum atomic E-state index is -0.0694. The summed E-state index contributed by atoms with van der Waals surface area (Å²) in [5.74, 6) is 0.465. The van der Waals surface area contributed by atoms with Gasteiger partial charge in [0.25, 0.3) is 0 Å². The van der Waals surface area contributed by atoms with Crippen LogP contribution < -0.4 is 10.5 Å². The van der Waals surface area contributed by atoms with E-state index in [2.05, 4.69) is 4.98 Å². The topological polar surface area (TPSA) is 65.2 Å². The Bertz CT molecular complexity index is 609. The highest BCUT2D eigenvalue weighted by atomic mass is 16.5. The van der Waals surface area contributed by atoms with Crippen molar-refractivity contribution in [2.75, 3.05) is 5.73 Å². The molecule has 0 aliphatic carbocycles. The molecule has 0 saturated heterocycles. The molecule has 2 rings (SSSR count). The predicted octanol–water partition coefficient (Wildman–Crippen LogP) is 2.75. The molecule has 0 fully saturated rings. The molecule has 2 aromatic rings. The SMILES string of the molecule is CC(=O)c1cc(N)ccc1OCc1ncccc1C. The number of carbonyl (C=O) groups is 1. The van der Waals surface area contributed by atoms with Gasteiger partial charge in [-0.2, -0.15) is 0 Å². The number of anilines is 1. The standard InChI is InChI=1S/C15H16N2O2/c1-10-4-3-7-17-14(10)9-19-15-6-5-12(16)8-13(15)11(2)18/h3-8H,9,16H2,1-2H3. The Kier molecular flexibility index (Phi) is 3.80. The van der Waals surface area contributed by atoms with Crippen LogP contribution in [0.1, 0.15) is 28.5 Å². The summed E-state index contributed by atoms with van der Waals surface area (Å²) in [6.45, 7) is 3.80. The number of aromatic nitrogens is 1. The lowest BCUT2D eigenvalue weighted by atomic mass is 10.1. The van der Waals surface area contributed by atoms with Crippen molar-refractivity contribution < 1.29 is 9.53 Å². The van der Waals surface area contributed by atoms with E-state index >= 15 is 0 Å². The molecule has 0 saturated carbocycles. The molecule has 0 spiro atoms. The van der Waals surface area contributed by atoms with Crippen LogP contribution in [0, 0.1) is 6.92 Å². The molecule has 0 amide bonds. The number of Topliss-reactive ketones (excluding diaryl/α,β-unsaturated/α-hetero) is 1. The molecule has 19 heavy (non-hydrogen) atoms. The zero-order valence-corrected chi connectivity index (χ0v) is 11.0. The second-order valence-corrected chi connectivity index (χ2v) is 4.37. The lowest BCUT2D eigenvalue weighted by Gasteiger charge is -2.11. The van der Waals surface area contributed by atoms with Gasteiger partial charge < -0.3 is 10.5 Å². The maximum atomic E-state index is 11.5. The van der Waals surface area contributed by atoms with Crippen LogP contribution in [-0.2, 0) is 6.61 Å². The molecule has 98 valence electrons. The maximum absolute atomic E-state index is 11.5. The Morgan fingerprint density at radius 2 is 2.16 bits per heavy atom. The predicted molar refractivity (Wildman–Crippen MR) is 74.2 cm³/mol. The van der Waals surface area contributed by atoms with Crippen LogP contribution in [0.3, 0.4) is 0 Å². The fraction of sp³-hybridized carbons (Fsp3) is 0.200. The molecule has 0 bridgehead atoms. The lowest BCUT2D eigenvalue weighted by Crippen LogP contribution is -2.05. The molecular weight excluding hydrogens is 240 g/mol. The van der Waals surface area contributed by atoms with Gasteiger partial charge in [-0.15, -0.1) is 0 Å². The Balaban J connectivity index is 2.20. The van der Waals surface area contributed by atoms with Crippen LogP contribution in [0.15, 0.2) is 36.5 Å². The van der Waals surface area contributed by atoms with Crippen LogP contribution in [0.4, 0.5) is 5.69 Å². The largest absolute Gasteiger partial charge is 0.487 e. The highest BCUT2D eigenvalue weighted by Gasteiger charge is 2.10. The van der Waals surface area contributed by atoms with E-state index in [0.29, 0.717) is 23.6 Å². The van der Waals surface area contributed by atoms with E-state index in [1.165, 1.54) is 6.92 Å². The smallest absolute Gasteiger partial charge is 0.163 e. The first-order chi connectivity index (χ1) is 9.08. The van der Waals surface area contributed by atoms with Crippen LogP contribution in [0.2, 0.25) is 0 Å². The summed E-state index contributed by atoms with van der Waals surface area (Å²) in [6.07, 6.45) is 1.72. The van der Waals surface area contributed by atoms with Crippen LogP contribution in [0.5, 0.6) is 5.75 Å². The van der Waals surface area contributed by atoms with Gasteiger partial charge in [0.05, 0.1) is 11.3 Å². The zero-order valence-electron chi connectivity index (χ0n) is 11.0. The summed E-state index contributed by atoms with van der Waals surface area (Å²) in [5.41, 5.74) is 8.63. The second kappa shape index (κ2) is 5.52. The van der Waals surface area contributed by atoms with Gasteiger partial charge in [0.2, 0.25) is 0 Å². The molecule has 0 radical (unpaired) electrons. The summed E-state index contributed by atoms with van der Waals surface area (Å²) >= 11 is 0. The normalized spacial score (nSPS) is 10.2. The van der Waals surface area contributed by atoms with Crippen molar-refractivity contribution in [3.05, 3.63) is 53.3 Å². The summed E-state index contributed by atoms with van der Waals surface area (Å²) in [6, 6.07) is 8.91.